The van der Waals surface area contributed by atoms with Crippen LogP contribution in [0.4, 0.5) is 24.8 Å². The van der Waals surface area contributed by atoms with Gasteiger partial charge in [-0.05, 0) is 56.0 Å². The molecule has 3 fully saturated rings. The van der Waals surface area contributed by atoms with Gasteiger partial charge in [0.15, 0.2) is 11.6 Å². The highest BCUT2D eigenvalue weighted by Gasteiger charge is 2.43. The highest BCUT2D eigenvalue weighted by Crippen LogP contribution is 2.41. The van der Waals surface area contributed by atoms with Crippen LogP contribution >= 0.6 is 0 Å². The molecule has 37 heavy (non-hydrogen) atoms. The van der Waals surface area contributed by atoms with Crippen LogP contribution in [0.15, 0.2) is 18.3 Å². The molecule has 0 aliphatic carbocycles. The molecule has 12 heteroatoms. The number of hydrogen-bond acceptors (Lipinski definition) is 8. The number of hydrogen-bond donors (Lipinski definition) is 2. The Balaban J connectivity index is 1.41. The number of aryl methyl sites for hydroxylation is 1. The van der Waals surface area contributed by atoms with Gasteiger partial charge in [0.05, 0.1) is 24.3 Å². The van der Waals surface area contributed by atoms with Crippen molar-refractivity contribution < 1.29 is 17.9 Å². The predicted molar refractivity (Wildman–Crippen MR) is 133 cm³/mol. The van der Waals surface area contributed by atoms with Gasteiger partial charge in [0.1, 0.15) is 11.3 Å². The molecule has 3 N–H and O–H groups in total. The summed E-state index contributed by atoms with van der Waals surface area (Å²) in [7, 11) is 0. The number of fused-ring (bicyclic) bond motifs is 1. The molecular formula is C25H31F3N8O. The molecule has 0 unspecified atom stereocenters. The number of nitrogen functional groups attached to an aromatic ring is 1. The Labute approximate surface area is 212 Å². The number of morpholine rings is 1. The van der Waals surface area contributed by atoms with Crippen LogP contribution in [-0.2, 0) is 17.5 Å². The van der Waals surface area contributed by atoms with Crippen molar-refractivity contribution in [2.45, 2.75) is 32.5 Å². The van der Waals surface area contributed by atoms with E-state index in [1.165, 1.54) is 12.8 Å². The third-order valence-corrected chi connectivity index (χ3v) is 7.92. The van der Waals surface area contributed by atoms with Gasteiger partial charge in [-0.1, -0.05) is 0 Å². The number of halogens is 3. The number of piperidine rings is 1. The number of likely N-dealkylation sites (tertiary alicyclic amines) is 1. The van der Waals surface area contributed by atoms with E-state index in [0.29, 0.717) is 37.5 Å². The topological polar surface area (TPSA) is 96.8 Å². The number of alkyl halides is 3. The average Bonchev–Trinajstić information content (AvgIpc) is 3.18. The second-order valence-corrected chi connectivity index (χ2v) is 10.5. The van der Waals surface area contributed by atoms with Crippen LogP contribution in [0.25, 0.3) is 16.9 Å². The third kappa shape index (κ3) is 4.51. The van der Waals surface area contributed by atoms with E-state index in [0.717, 1.165) is 61.8 Å². The van der Waals surface area contributed by atoms with Crippen LogP contribution in [0, 0.1) is 12.3 Å². The molecule has 3 aromatic heterocycles. The Kier molecular flexibility index (Phi) is 6.00. The van der Waals surface area contributed by atoms with E-state index in [1.807, 2.05) is 6.92 Å². The highest BCUT2D eigenvalue weighted by atomic mass is 19.4. The van der Waals surface area contributed by atoms with E-state index in [4.69, 9.17) is 10.5 Å². The molecule has 1 spiro atoms. The van der Waals surface area contributed by atoms with Crippen LogP contribution in [0.3, 0.4) is 0 Å². The monoisotopic (exact) mass is 516 g/mol. The molecule has 198 valence electrons. The molecule has 6 rings (SSSR count). The quantitative estimate of drug-likeness (QED) is 0.547. The Morgan fingerprint density at radius 3 is 2.57 bits per heavy atom. The van der Waals surface area contributed by atoms with E-state index in [1.54, 1.807) is 4.52 Å². The van der Waals surface area contributed by atoms with Gasteiger partial charge in [-0.3, -0.25) is 4.90 Å². The largest absolute Gasteiger partial charge is 0.417 e. The van der Waals surface area contributed by atoms with Crippen molar-refractivity contribution >= 4 is 17.2 Å². The number of aromatic nitrogens is 4. The standard InChI is InChI=1S/C25H31F3N8O/c1-16-17(13-34-14-24(15-34)2-4-30-5-3-24)10-20-23(35-6-8-37-9-7-35)32-22(33-36(16)20)18-12-31-21(29)11-19(18)25(26,27)28/h10-12,30H,2-9,13-15H2,1H3,(H2,29,31). The van der Waals surface area contributed by atoms with Gasteiger partial charge in [0, 0.05) is 44.6 Å². The summed E-state index contributed by atoms with van der Waals surface area (Å²) in [5.74, 6) is 0.369. The zero-order valence-corrected chi connectivity index (χ0v) is 20.8. The summed E-state index contributed by atoms with van der Waals surface area (Å²) in [5.41, 5.74) is 7.72. The molecular weight excluding hydrogens is 485 g/mol. The van der Waals surface area contributed by atoms with Gasteiger partial charge in [-0.25, -0.2) is 14.5 Å². The molecule has 0 bridgehead atoms. The molecule has 0 radical (unpaired) electrons. The molecule has 3 aliphatic rings. The SMILES string of the molecule is Cc1c(CN2CC3(CCNCC3)C2)cc2c(N3CCOCC3)nc(-c3cnc(N)cc3C(F)(F)F)nn12. The van der Waals surface area contributed by atoms with Crippen LogP contribution in [0.2, 0.25) is 0 Å². The fraction of sp³-hybridized carbons (Fsp3) is 0.560. The van der Waals surface area contributed by atoms with Gasteiger partial charge in [0.25, 0.3) is 0 Å². The van der Waals surface area contributed by atoms with Crippen molar-refractivity contribution in [3.63, 3.8) is 0 Å². The number of rotatable bonds is 4. The van der Waals surface area contributed by atoms with Crippen molar-refractivity contribution in [3.05, 3.63) is 35.2 Å². The van der Waals surface area contributed by atoms with Crippen LogP contribution in [0.5, 0.6) is 0 Å². The number of ether oxygens (including phenoxy) is 1. The Hall–Kier alpha value is -2.96. The van der Waals surface area contributed by atoms with Gasteiger partial charge in [0.2, 0.25) is 0 Å². The number of anilines is 2. The summed E-state index contributed by atoms with van der Waals surface area (Å²) >= 11 is 0. The summed E-state index contributed by atoms with van der Waals surface area (Å²) in [6.45, 7) is 9.28. The first-order valence-corrected chi connectivity index (χ1v) is 12.7. The van der Waals surface area contributed by atoms with Crippen LogP contribution < -0.4 is 16.0 Å². The lowest BCUT2D eigenvalue weighted by Gasteiger charge is -2.52. The lowest BCUT2D eigenvalue weighted by Crippen LogP contribution is -2.59. The summed E-state index contributed by atoms with van der Waals surface area (Å²) in [6.07, 6.45) is -1.11. The Bertz CT molecular complexity index is 1300. The normalized spacial score (nSPS) is 20.5. The van der Waals surface area contributed by atoms with E-state index in [-0.39, 0.29) is 17.2 Å². The third-order valence-electron chi connectivity index (χ3n) is 7.92. The van der Waals surface area contributed by atoms with E-state index >= 15 is 0 Å². The number of nitrogens with one attached hydrogen (secondary N) is 1. The molecule has 0 atom stereocenters. The zero-order chi connectivity index (χ0) is 25.8. The fourth-order valence-electron chi connectivity index (χ4n) is 5.90. The van der Waals surface area contributed by atoms with Gasteiger partial charge in [-0.2, -0.15) is 13.2 Å². The van der Waals surface area contributed by atoms with Crippen molar-refractivity contribution in [2.24, 2.45) is 5.41 Å². The highest BCUT2D eigenvalue weighted by molar-refractivity contribution is 5.74. The van der Waals surface area contributed by atoms with Gasteiger partial charge in [-0.15, -0.1) is 5.10 Å². The van der Waals surface area contributed by atoms with Crippen molar-refractivity contribution in [1.29, 1.82) is 0 Å². The van der Waals surface area contributed by atoms with Crippen molar-refractivity contribution in [3.8, 4) is 11.4 Å². The predicted octanol–water partition coefficient (Wildman–Crippen LogP) is 2.72. The maximum atomic E-state index is 13.9. The lowest BCUT2D eigenvalue weighted by atomic mass is 9.72. The van der Waals surface area contributed by atoms with Crippen molar-refractivity contribution in [2.75, 3.05) is 63.1 Å². The van der Waals surface area contributed by atoms with Crippen LogP contribution in [0.1, 0.15) is 29.7 Å². The zero-order valence-electron chi connectivity index (χ0n) is 20.8. The first kappa shape index (κ1) is 24.4. The summed E-state index contributed by atoms with van der Waals surface area (Å²) in [6, 6.07) is 2.93. The first-order valence-electron chi connectivity index (χ1n) is 12.7. The molecule has 9 nitrogen and oxygen atoms in total. The molecule has 0 aromatic carbocycles. The molecule has 6 heterocycles. The molecule has 3 saturated heterocycles. The molecule has 3 aliphatic heterocycles. The maximum absolute atomic E-state index is 13.9. The lowest BCUT2D eigenvalue weighted by molar-refractivity contribution is -0.137. The van der Waals surface area contributed by atoms with Crippen molar-refractivity contribution in [1.82, 2.24) is 29.8 Å². The van der Waals surface area contributed by atoms with Crippen LogP contribution in [-0.4, -0.2) is 77.0 Å². The van der Waals surface area contributed by atoms with E-state index in [2.05, 4.69) is 36.2 Å². The second kappa shape index (κ2) is 9.10. The summed E-state index contributed by atoms with van der Waals surface area (Å²) in [5, 5.41) is 8.04. The minimum atomic E-state index is -4.62. The number of nitrogens with zero attached hydrogens (tertiary/aromatic N) is 6. The Morgan fingerprint density at radius 2 is 1.86 bits per heavy atom. The summed E-state index contributed by atoms with van der Waals surface area (Å²) in [4.78, 5) is 13.1. The Morgan fingerprint density at radius 1 is 1.14 bits per heavy atom. The minimum absolute atomic E-state index is 0.0309. The smallest absolute Gasteiger partial charge is 0.384 e. The first-order chi connectivity index (χ1) is 17.7. The number of pyridine rings is 1. The molecule has 3 aromatic rings. The van der Waals surface area contributed by atoms with Gasteiger partial charge >= 0.3 is 6.18 Å². The fourth-order valence-corrected chi connectivity index (χ4v) is 5.90. The molecule has 0 amide bonds. The van der Waals surface area contributed by atoms with E-state index in [9.17, 15) is 13.2 Å². The average molecular weight is 517 g/mol. The summed E-state index contributed by atoms with van der Waals surface area (Å²) < 4.78 is 49.0. The second-order valence-electron chi connectivity index (χ2n) is 10.5. The number of nitrogens with two attached hydrogens (primary N) is 1. The van der Waals surface area contributed by atoms with Gasteiger partial charge < -0.3 is 20.7 Å². The maximum Gasteiger partial charge on any atom is 0.417 e. The minimum Gasteiger partial charge on any atom is -0.384 e. The van der Waals surface area contributed by atoms with E-state index < -0.39 is 11.7 Å². The molecule has 0 saturated carbocycles.